The van der Waals surface area contributed by atoms with Gasteiger partial charge < -0.3 is 10.0 Å². The number of alkyl halides is 1. The zero-order valence-corrected chi connectivity index (χ0v) is 11.5. The zero-order valence-electron chi connectivity index (χ0n) is 11.5. The van der Waals surface area contributed by atoms with E-state index >= 15 is 0 Å². The number of rotatable bonds is 3. The number of amides is 1. The van der Waals surface area contributed by atoms with Crippen LogP contribution in [0.4, 0.5) is 4.39 Å². The highest BCUT2D eigenvalue weighted by Gasteiger charge is 2.46. The summed E-state index contributed by atoms with van der Waals surface area (Å²) in [7, 11) is 0. The second-order valence-electron chi connectivity index (χ2n) is 5.15. The first-order chi connectivity index (χ1) is 10.5. The molecule has 0 radical (unpaired) electrons. The smallest absolute Gasteiger partial charge is 0.343 e. The highest BCUT2D eigenvalue weighted by Crippen LogP contribution is 2.27. The van der Waals surface area contributed by atoms with E-state index in [1.807, 2.05) is 0 Å². The predicted molar refractivity (Wildman–Crippen MR) is 73.4 cm³/mol. The second-order valence-corrected chi connectivity index (χ2v) is 5.15. The number of hydrogen-bond acceptors (Lipinski definition) is 4. The Hall–Kier alpha value is -2.77. The monoisotopic (exact) mass is 304 g/mol. The van der Waals surface area contributed by atoms with Gasteiger partial charge in [0.25, 0.3) is 5.91 Å². The van der Waals surface area contributed by atoms with Gasteiger partial charge in [-0.15, -0.1) is 5.10 Å². The van der Waals surface area contributed by atoms with Gasteiger partial charge in [0.1, 0.15) is 0 Å². The molecule has 1 aromatic heterocycles. The van der Waals surface area contributed by atoms with Crippen molar-refractivity contribution in [2.45, 2.75) is 12.1 Å². The molecule has 1 saturated heterocycles. The van der Waals surface area contributed by atoms with Crippen molar-refractivity contribution in [2.75, 3.05) is 13.1 Å². The van der Waals surface area contributed by atoms with Crippen molar-refractivity contribution in [3.63, 3.8) is 0 Å². The number of benzene rings is 1. The average Bonchev–Trinajstić information content (AvgIpc) is 3.17. The van der Waals surface area contributed by atoms with Crippen molar-refractivity contribution in [3.05, 3.63) is 42.2 Å². The molecule has 1 amide bonds. The second kappa shape index (κ2) is 5.21. The summed E-state index contributed by atoms with van der Waals surface area (Å²) in [5.41, 5.74) is -1.37. The van der Waals surface area contributed by atoms with Gasteiger partial charge in [-0.2, -0.15) is 0 Å². The van der Waals surface area contributed by atoms with Crippen LogP contribution in [0.5, 0.6) is 0 Å². The van der Waals surface area contributed by atoms with Crippen LogP contribution in [0.25, 0.3) is 5.69 Å². The summed E-state index contributed by atoms with van der Waals surface area (Å²) in [4.78, 5) is 24.5. The molecule has 1 aliphatic heterocycles. The number of halogens is 1. The molecule has 8 heteroatoms. The molecule has 1 N–H and O–H groups in total. The lowest BCUT2D eigenvalue weighted by atomic mass is 10.1. The van der Waals surface area contributed by atoms with Gasteiger partial charge in [-0.1, -0.05) is 11.3 Å². The van der Waals surface area contributed by atoms with Gasteiger partial charge in [-0.25, -0.2) is 13.9 Å². The Morgan fingerprint density at radius 1 is 1.36 bits per heavy atom. The fourth-order valence-corrected chi connectivity index (χ4v) is 2.43. The number of aliphatic carboxylic acids is 1. The number of hydrogen-bond donors (Lipinski definition) is 1. The maximum absolute atomic E-state index is 14.0. The van der Waals surface area contributed by atoms with Crippen molar-refractivity contribution in [3.8, 4) is 5.69 Å². The third-order valence-electron chi connectivity index (χ3n) is 3.67. The molecule has 1 atom stereocenters. The molecule has 114 valence electrons. The van der Waals surface area contributed by atoms with Crippen molar-refractivity contribution in [1.82, 2.24) is 19.9 Å². The minimum atomic E-state index is -2.36. The van der Waals surface area contributed by atoms with Gasteiger partial charge in [-0.3, -0.25) is 4.79 Å². The summed E-state index contributed by atoms with van der Waals surface area (Å²) in [6.07, 6.45) is 2.95. The van der Waals surface area contributed by atoms with E-state index in [0.717, 1.165) is 0 Å². The molecule has 1 aromatic carbocycles. The maximum atomic E-state index is 14.0. The Balaban J connectivity index is 1.82. The number of likely N-dealkylation sites (tertiary alicyclic amines) is 1. The quantitative estimate of drug-likeness (QED) is 0.910. The SMILES string of the molecule is O=C(c1cccc(-n2ccnn2)c1)N1CCC(F)(C(=O)O)C1. The zero-order chi connectivity index (χ0) is 15.7. The van der Waals surface area contributed by atoms with Crippen LogP contribution < -0.4 is 0 Å². The maximum Gasteiger partial charge on any atom is 0.343 e. The third kappa shape index (κ3) is 2.43. The molecule has 1 fully saturated rings. The molecular weight excluding hydrogens is 291 g/mol. The van der Waals surface area contributed by atoms with Gasteiger partial charge in [-0.05, 0) is 18.2 Å². The molecule has 0 saturated carbocycles. The van der Waals surface area contributed by atoms with E-state index in [1.165, 1.54) is 15.8 Å². The molecule has 3 rings (SSSR count). The number of aromatic nitrogens is 3. The van der Waals surface area contributed by atoms with E-state index in [9.17, 15) is 14.0 Å². The molecule has 22 heavy (non-hydrogen) atoms. The lowest BCUT2D eigenvalue weighted by Gasteiger charge is -2.18. The summed E-state index contributed by atoms with van der Waals surface area (Å²) in [5.74, 6) is -1.93. The summed E-state index contributed by atoms with van der Waals surface area (Å²) < 4.78 is 15.5. The van der Waals surface area contributed by atoms with Crippen molar-refractivity contribution in [2.24, 2.45) is 0 Å². The standard InChI is InChI=1S/C14H13FN4O3/c15-14(13(21)22)4-6-18(9-14)12(20)10-2-1-3-11(8-10)19-7-5-16-17-19/h1-3,5,7-8H,4,6,9H2,(H,21,22). The minimum Gasteiger partial charge on any atom is -0.479 e. The molecule has 7 nitrogen and oxygen atoms in total. The molecule has 0 bridgehead atoms. The highest BCUT2D eigenvalue weighted by atomic mass is 19.1. The van der Waals surface area contributed by atoms with Crippen LogP contribution in [-0.2, 0) is 4.79 Å². The first-order valence-corrected chi connectivity index (χ1v) is 6.68. The number of carboxylic acids is 1. The van der Waals surface area contributed by atoms with Crippen LogP contribution in [0.1, 0.15) is 16.8 Å². The van der Waals surface area contributed by atoms with Gasteiger partial charge in [0, 0.05) is 18.5 Å². The van der Waals surface area contributed by atoms with Crippen molar-refractivity contribution >= 4 is 11.9 Å². The summed E-state index contributed by atoms with van der Waals surface area (Å²) in [6, 6.07) is 6.64. The fraction of sp³-hybridized carbons (Fsp3) is 0.286. The van der Waals surface area contributed by atoms with E-state index < -0.39 is 24.1 Å². The van der Waals surface area contributed by atoms with Gasteiger partial charge in [0.05, 0.1) is 24.6 Å². The van der Waals surface area contributed by atoms with E-state index in [4.69, 9.17) is 5.11 Å². The lowest BCUT2D eigenvalue weighted by molar-refractivity contribution is -0.149. The number of nitrogens with zero attached hydrogens (tertiary/aromatic N) is 4. The average molecular weight is 304 g/mol. The number of carbonyl (C=O) groups excluding carboxylic acids is 1. The molecule has 1 unspecified atom stereocenters. The Bertz CT molecular complexity index is 719. The van der Waals surface area contributed by atoms with Crippen LogP contribution in [0, 0.1) is 0 Å². The van der Waals surface area contributed by atoms with Crippen LogP contribution >= 0.6 is 0 Å². The molecular formula is C14H13FN4O3. The number of carbonyl (C=O) groups is 2. The van der Waals surface area contributed by atoms with Gasteiger partial charge in [0.2, 0.25) is 5.67 Å². The summed E-state index contributed by atoms with van der Waals surface area (Å²) in [6.45, 7) is -0.357. The Morgan fingerprint density at radius 3 is 2.82 bits per heavy atom. The minimum absolute atomic E-state index is 0.0786. The number of carboxylic acid groups (broad SMARTS) is 1. The molecule has 0 spiro atoms. The molecule has 2 heterocycles. The predicted octanol–water partition coefficient (Wildman–Crippen LogP) is 0.906. The Morgan fingerprint density at radius 2 is 2.18 bits per heavy atom. The van der Waals surface area contributed by atoms with Crippen LogP contribution in [0.15, 0.2) is 36.7 Å². The van der Waals surface area contributed by atoms with Crippen LogP contribution in [0.2, 0.25) is 0 Å². The fourth-order valence-electron chi connectivity index (χ4n) is 2.43. The third-order valence-corrected chi connectivity index (χ3v) is 3.67. The normalized spacial score (nSPS) is 21.0. The molecule has 2 aromatic rings. The van der Waals surface area contributed by atoms with E-state index in [0.29, 0.717) is 11.3 Å². The molecule has 1 aliphatic rings. The Labute approximate surface area is 125 Å². The first-order valence-electron chi connectivity index (χ1n) is 6.68. The van der Waals surface area contributed by atoms with Gasteiger partial charge in [0.15, 0.2) is 0 Å². The lowest BCUT2D eigenvalue weighted by Crippen LogP contribution is -2.38. The summed E-state index contributed by atoms with van der Waals surface area (Å²) in [5, 5.41) is 16.4. The van der Waals surface area contributed by atoms with Crippen molar-refractivity contribution in [1.29, 1.82) is 0 Å². The van der Waals surface area contributed by atoms with Gasteiger partial charge >= 0.3 is 5.97 Å². The van der Waals surface area contributed by atoms with E-state index in [1.54, 1.807) is 30.5 Å². The molecule has 0 aliphatic carbocycles. The van der Waals surface area contributed by atoms with Crippen LogP contribution in [-0.4, -0.2) is 55.6 Å². The largest absolute Gasteiger partial charge is 0.479 e. The van der Waals surface area contributed by atoms with E-state index in [2.05, 4.69) is 10.3 Å². The first kappa shape index (κ1) is 14.2. The summed E-state index contributed by atoms with van der Waals surface area (Å²) >= 11 is 0. The Kier molecular flexibility index (Phi) is 3.36. The topological polar surface area (TPSA) is 88.3 Å². The van der Waals surface area contributed by atoms with E-state index in [-0.39, 0.29) is 13.0 Å². The highest BCUT2D eigenvalue weighted by molar-refractivity contribution is 5.95. The van der Waals surface area contributed by atoms with Crippen molar-refractivity contribution < 1.29 is 19.1 Å². The van der Waals surface area contributed by atoms with Crippen LogP contribution in [0.3, 0.4) is 0 Å².